The number of aryl methyl sites for hydroxylation is 1. The summed E-state index contributed by atoms with van der Waals surface area (Å²) in [6, 6.07) is 12.1. The summed E-state index contributed by atoms with van der Waals surface area (Å²) in [6.07, 6.45) is -0.657. The second kappa shape index (κ2) is 6.39. The summed E-state index contributed by atoms with van der Waals surface area (Å²) in [5.41, 5.74) is 2.13. The third kappa shape index (κ3) is 3.48. The smallest absolute Gasteiger partial charge is 0.126 e. The quantitative estimate of drug-likeness (QED) is 0.879. The van der Waals surface area contributed by atoms with Crippen molar-refractivity contribution in [2.75, 3.05) is 19.0 Å². The number of aliphatic hydroxyl groups excluding tert-OH is 1. The van der Waals surface area contributed by atoms with Crippen LogP contribution in [0.25, 0.3) is 0 Å². The molecule has 0 amide bonds. The lowest BCUT2D eigenvalue weighted by Crippen LogP contribution is -2.12. The van der Waals surface area contributed by atoms with E-state index in [0.29, 0.717) is 17.9 Å². The standard InChI is InChI=1S/C16H18FNO2/c1-11-8-13(6-7-15(11)17)18-10-16(19)12-4-3-5-14(9-12)20-2/h3-9,16,18-19H,10H2,1-2H3. The maximum Gasteiger partial charge on any atom is 0.126 e. The lowest BCUT2D eigenvalue weighted by molar-refractivity contribution is 0.191. The number of methoxy groups -OCH3 is 1. The summed E-state index contributed by atoms with van der Waals surface area (Å²) < 4.78 is 18.3. The summed E-state index contributed by atoms with van der Waals surface area (Å²) in [6.45, 7) is 2.05. The molecule has 0 aromatic heterocycles. The van der Waals surface area contributed by atoms with Crippen molar-refractivity contribution >= 4 is 5.69 Å². The van der Waals surface area contributed by atoms with Crippen molar-refractivity contribution in [1.82, 2.24) is 0 Å². The van der Waals surface area contributed by atoms with Gasteiger partial charge in [0.1, 0.15) is 11.6 Å². The van der Waals surface area contributed by atoms with Gasteiger partial charge in [-0.25, -0.2) is 4.39 Å². The van der Waals surface area contributed by atoms with Crippen molar-refractivity contribution in [3.63, 3.8) is 0 Å². The Morgan fingerprint density at radius 1 is 1.25 bits per heavy atom. The molecular formula is C16H18FNO2. The Morgan fingerprint density at radius 2 is 2.05 bits per heavy atom. The number of rotatable bonds is 5. The summed E-state index contributed by atoms with van der Waals surface area (Å²) in [5.74, 6) is 0.475. The Morgan fingerprint density at radius 3 is 2.75 bits per heavy atom. The highest BCUT2D eigenvalue weighted by Crippen LogP contribution is 2.20. The van der Waals surface area contributed by atoms with Gasteiger partial charge in [0.15, 0.2) is 0 Å². The first-order valence-corrected chi connectivity index (χ1v) is 6.42. The van der Waals surface area contributed by atoms with Gasteiger partial charge in [-0.3, -0.25) is 0 Å². The zero-order valence-corrected chi connectivity index (χ0v) is 11.6. The van der Waals surface area contributed by atoms with Gasteiger partial charge in [-0.1, -0.05) is 12.1 Å². The van der Waals surface area contributed by atoms with Crippen molar-refractivity contribution < 1.29 is 14.2 Å². The minimum absolute atomic E-state index is 0.233. The predicted molar refractivity (Wildman–Crippen MR) is 77.6 cm³/mol. The third-order valence-corrected chi connectivity index (χ3v) is 3.14. The van der Waals surface area contributed by atoms with Gasteiger partial charge in [0.25, 0.3) is 0 Å². The number of anilines is 1. The second-order valence-electron chi connectivity index (χ2n) is 4.64. The number of nitrogens with one attached hydrogen (secondary N) is 1. The van der Waals surface area contributed by atoms with E-state index in [9.17, 15) is 9.50 Å². The van der Waals surface area contributed by atoms with Crippen LogP contribution < -0.4 is 10.1 Å². The Labute approximate surface area is 118 Å². The van der Waals surface area contributed by atoms with Crippen molar-refractivity contribution in [3.05, 3.63) is 59.4 Å². The molecule has 2 aromatic carbocycles. The zero-order valence-electron chi connectivity index (χ0n) is 11.6. The van der Waals surface area contributed by atoms with Crippen LogP contribution >= 0.6 is 0 Å². The summed E-state index contributed by atoms with van der Waals surface area (Å²) in [7, 11) is 1.59. The largest absolute Gasteiger partial charge is 0.497 e. The number of aliphatic hydroxyl groups is 1. The number of hydrogen-bond donors (Lipinski definition) is 2. The first-order valence-electron chi connectivity index (χ1n) is 6.42. The van der Waals surface area contributed by atoms with E-state index in [1.165, 1.54) is 6.07 Å². The van der Waals surface area contributed by atoms with E-state index in [1.54, 1.807) is 32.2 Å². The zero-order chi connectivity index (χ0) is 14.5. The Bertz CT molecular complexity index is 586. The van der Waals surface area contributed by atoms with E-state index in [1.807, 2.05) is 18.2 Å². The summed E-state index contributed by atoms with van der Waals surface area (Å²) in [5, 5.41) is 13.2. The molecule has 0 heterocycles. The van der Waals surface area contributed by atoms with E-state index < -0.39 is 6.10 Å². The van der Waals surface area contributed by atoms with Crippen LogP contribution in [0.3, 0.4) is 0 Å². The predicted octanol–water partition coefficient (Wildman–Crippen LogP) is 3.29. The molecule has 0 saturated carbocycles. The average molecular weight is 275 g/mol. The molecule has 0 saturated heterocycles. The molecule has 2 N–H and O–H groups in total. The SMILES string of the molecule is COc1cccc(C(O)CNc2ccc(F)c(C)c2)c1. The van der Waals surface area contributed by atoms with Crippen LogP contribution in [0.15, 0.2) is 42.5 Å². The lowest BCUT2D eigenvalue weighted by Gasteiger charge is -2.14. The summed E-state index contributed by atoms with van der Waals surface area (Å²) >= 11 is 0. The minimum Gasteiger partial charge on any atom is -0.497 e. The third-order valence-electron chi connectivity index (χ3n) is 3.14. The van der Waals surface area contributed by atoms with Crippen LogP contribution in [0.4, 0.5) is 10.1 Å². The van der Waals surface area contributed by atoms with Crippen LogP contribution in [-0.4, -0.2) is 18.8 Å². The molecule has 106 valence electrons. The fourth-order valence-electron chi connectivity index (χ4n) is 1.94. The molecule has 1 atom stereocenters. The van der Waals surface area contributed by atoms with Crippen molar-refractivity contribution in [2.24, 2.45) is 0 Å². The number of benzene rings is 2. The molecule has 0 aliphatic rings. The van der Waals surface area contributed by atoms with Gasteiger partial charge in [-0.2, -0.15) is 0 Å². The first-order chi connectivity index (χ1) is 9.60. The van der Waals surface area contributed by atoms with E-state index in [2.05, 4.69) is 5.32 Å². The van der Waals surface area contributed by atoms with Crippen LogP contribution in [0.5, 0.6) is 5.75 Å². The van der Waals surface area contributed by atoms with Gasteiger partial charge >= 0.3 is 0 Å². The molecule has 0 radical (unpaired) electrons. The molecule has 3 nitrogen and oxygen atoms in total. The molecular weight excluding hydrogens is 257 g/mol. The molecule has 2 rings (SSSR count). The molecule has 0 fully saturated rings. The van der Waals surface area contributed by atoms with Gasteiger partial charge in [0.05, 0.1) is 13.2 Å². The fourth-order valence-corrected chi connectivity index (χ4v) is 1.94. The maximum atomic E-state index is 13.2. The first kappa shape index (κ1) is 14.3. The second-order valence-corrected chi connectivity index (χ2v) is 4.64. The van der Waals surface area contributed by atoms with Gasteiger partial charge in [0.2, 0.25) is 0 Å². The molecule has 0 spiro atoms. The Kier molecular flexibility index (Phi) is 4.58. The fraction of sp³-hybridized carbons (Fsp3) is 0.250. The highest BCUT2D eigenvalue weighted by atomic mass is 19.1. The monoisotopic (exact) mass is 275 g/mol. The van der Waals surface area contributed by atoms with Crippen LogP contribution in [0.1, 0.15) is 17.2 Å². The molecule has 0 bridgehead atoms. The number of hydrogen-bond acceptors (Lipinski definition) is 3. The van der Waals surface area contributed by atoms with Crippen LogP contribution in [-0.2, 0) is 0 Å². The minimum atomic E-state index is -0.657. The van der Waals surface area contributed by atoms with Crippen molar-refractivity contribution in [2.45, 2.75) is 13.0 Å². The van der Waals surface area contributed by atoms with Crippen molar-refractivity contribution in [1.29, 1.82) is 0 Å². The van der Waals surface area contributed by atoms with E-state index in [0.717, 1.165) is 11.3 Å². The average Bonchev–Trinajstić information content (AvgIpc) is 2.48. The highest BCUT2D eigenvalue weighted by molar-refractivity contribution is 5.46. The molecule has 1 unspecified atom stereocenters. The highest BCUT2D eigenvalue weighted by Gasteiger charge is 2.08. The van der Waals surface area contributed by atoms with Crippen LogP contribution in [0.2, 0.25) is 0 Å². The van der Waals surface area contributed by atoms with E-state index in [4.69, 9.17) is 4.74 Å². The topological polar surface area (TPSA) is 41.5 Å². The van der Waals surface area contributed by atoms with Gasteiger partial charge < -0.3 is 15.2 Å². The van der Waals surface area contributed by atoms with Gasteiger partial charge in [-0.05, 0) is 48.4 Å². The van der Waals surface area contributed by atoms with Crippen molar-refractivity contribution in [3.8, 4) is 5.75 Å². The molecule has 0 aliphatic heterocycles. The Hall–Kier alpha value is -2.07. The van der Waals surface area contributed by atoms with Gasteiger partial charge in [-0.15, -0.1) is 0 Å². The van der Waals surface area contributed by atoms with E-state index in [-0.39, 0.29) is 5.82 Å². The summed E-state index contributed by atoms with van der Waals surface area (Å²) in [4.78, 5) is 0. The molecule has 20 heavy (non-hydrogen) atoms. The van der Waals surface area contributed by atoms with Gasteiger partial charge in [0, 0.05) is 12.2 Å². The molecule has 4 heteroatoms. The van der Waals surface area contributed by atoms with Crippen LogP contribution in [0, 0.1) is 12.7 Å². The molecule has 2 aromatic rings. The Balaban J connectivity index is 2.00. The normalized spacial score (nSPS) is 12.0. The maximum absolute atomic E-state index is 13.2. The number of halogens is 1. The van der Waals surface area contributed by atoms with E-state index >= 15 is 0 Å². The number of ether oxygens (including phenoxy) is 1. The molecule has 0 aliphatic carbocycles. The lowest BCUT2D eigenvalue weighted by atomic mass is 10.1.